The number of rotatable bonds is 4. The van der Waals surface area contributed by atoms with Crippen LogP contribution in [0.3, 0.4) is 0 Å². The van der Waals surface area contributed by atoms with E-state index in [4.69, 9.17) is 21.6 Å². The Morgan fingerprint density at radius 2 is 2.06 bits per heavy atom. The van der Waals surface area contributed by atoms with Gasteiger partial charge in [0.15, 0.2) is 0 Å². The Morgan fingerprint density at radius 3 is 2.70 bits per heavy atom. The minimum Gasteiger partial charge on any atom is -0.376 e. The van der Waals surface area contributed by atoms with Crippen LogP contribution in [-0.2, 0) is 9.53 Å². The Kier molecular flexibility index (Phi) is 6.02. The second-order valence-electron chi connectivity index (χ2n) is 9.80. The Bertz CT molecular complexity index is 1110. The molecule has 1 N–H and O–H groups in total. The van der Waals surface area contributed by atoms with Gasteiger partial charge in [0.2, 0.25) is 5.91 Å². The quantitative estimate of drug-likeness (QED) is 0.701. The smallest absolute Gasteiger partial charge is 0.229 e. The number of nitrogens with zero attached hydrogens (tertiary/aromatic N) is 3. The molecular weight excluding hydrogens is 443 g/mol. The summed E-state index contributed by atoms with van der Waals surface area (Å²) in [7, 11) is 0. The van der Waals surface area contributed by atoms with Gasteiger partial charge in [-0.15, -0.1) is 0 Å². The van der Waals surface area contributed by atoms with E-state index in [-0.39, 0.29) is 24.3 Å². The number of pyridine rings is 1. The Hall–Kier alpha value is -2.27. The lowest BCUT2D eigenvalue weighted by atomic mass is 9.74. The van der Waals surface area contributed by atoms with Crippen molar-refractivity contribution in [1.29, 1.82) is 5.26 Å². The molecule has 1 aliphatic carbocycles. The highest BCUT2D eigenvalue weighted by molar-refractivity contribution is 6.32. The van der Waals surface area contributed by atoms with Crippen molar-refractivity contribution in [3.63, 3.8) is 0 Å². The standard InChI is InChI=1S/C25H28ClFN4O2/c1-25(14-33-13-22(25)27)31-6-4-15(5-7-31)20-8-17-10-23(29-12-18(17)9-21(20)26)30-24(32)19-3-2-16(19)11-28/h8-10,12,15-16,19,22H,2-7,13-14H2,1H3,(H,29,30,32)/t16-,19+,22+,25-/m0/s1. The van der Waals surface area contributed by atoms with Crippen molar-refractivity contribution in [2.75, 3.05) is 31.6 Å². The van der Waals surface area contributed by atoms with E-state index in [0.717, 1.165) is 55.1 Å². The third kappa shape index (κ3) is 4.09. The van der Waals surface area contributed by atoms with Crippen LogP contribution >= 0.6 is 11.6 Å². The zero-order valence-electron chi connectivity index (χ0n) is 18.7. The number of piperidine rings is 1. The third-order valence-electron chi connectivity index (χ3n) is 7.86. The molecule has 33 heavy (non-hydrogen) atoms. The predicted molar refractivity (Wildman–Crippen MR) is 125 cm³/mol. The fraction of sp³-hybridized carbons (Fsp3) is 0.560. The molecule has 3 aliphatic rings. The summed E-state index contributed by atoms with van der Waals surface area (Å²) in [6.07, 6.45) is 4.08. The highest BCUT2D eigenvalue weighted by Crippen LogP contribution is 2.39. The highest BCUT2D eigenvalue weighted by atomic mass is 35.5. The van der Waals surface area contributed by atoms with Crippen LogP contribution < -0.4 is 5.32 Å². The van der Waals surface area contributed by atoms with Crippen molar-refractivity contribution in [2.45, 2.75) is 50.2 Å². The zero-order valence-corrected chi connectivity index (χ0v) is 19.4. The second kappa shape index (κ2) is 8.83. The number of benzene rings is 1. The maximum absolute atomic E-state index is 14.4. The Morgan fingerprint density at radius 1 is 1.27 bits per heavy atom. The first kappa shape index (κ1) is 22.5. The van der Waals surface area contributed by atoms with Gasteiger partial charge in [-0.25, -0.2) is 9.37 Å². The number of hydrogen-bond acceptors (Lipinski definition) is 5. The number of amides is 1. The summed E-state index contributed by atoms with van der Waals surface area (Å²) in [5.74, 6) is 0.181. The normalized spacial score (nSPS) is 30.7. The molecular formula is C25H28ClFN4O2. The van der Waals surface area contributed by atoms with Crippen molar-refractivity contribution < 1.29 is 13.9 Å². The minimum absolute atomic E-state index is 0.142. The zero-order chi connectivity index (χ0) is 23.2. The van der Waals surface area contributed by atoms with E-state index < -0.39 is 11.7 Å². The number of nitrogens with one attached hydrogen (secondary N) is 1. The average molecular weight is 471 g/mol. The van der Waals surface area contributed by atoms with Crippen LogP contribution in [0.25, 0.3) is 10.8 Å². The van der Waals surface area contributed by atoms with Crippen molar-refractivity contribution in [3.05, 3.63) is 35.0 Å². The molecule has 174 valence electrons. The number of carbonyl (C=O) groups is 1. The van der Waals surface area contributed by atoms with Gasteiger partial charge in [0.1, 0.15) is 12.0 Å². The summed E-state index contributed by atoms with van der Waals surface area (Å²) in [5.41, 5.74) is 0.544. The van der Waals surface area contributed by atoms with E-state index in [0.29, 0.717) is 23.4 Å². The van der Waals surface area contributed by atoms with Crippen LogP contribution in [0, 0.1) is 23.2 Å². The van der Waals surface area contributed by atoms with Crippen molar-refractivity contribution in [2.24, 2.45) is 11.8 Å². The molecule has 1 amide bonds. The number of ether oxygens (including phenoxy) is 1. The second-order valence-corrected chi connectivity index (χ2v) is 10.2. The first-order chi connectivity index (χ1) is 15.9. The molecule has 5 rings (SSSR count). The SMILES string of the molecule is C[C@]1(N2CCC(c3cc4cc(NC(=O)[C@@H]5CC[C@H]5C#N)ncc4cc3Cl)CC2)COC[C@H]1F. The first-order valence-electron chi connectivity index (χ1n) is 11.7. The van der Waals surface area contributed by atoms with Gasteiger partial charge >= 0.3 is 0 Å². The van der Waals surface area contributed by atoms with Crippen LogP contribution in [0.2, 0.25) is 5.02 Å². The number of alkyl halides is 1. The molecule has 8 heteroatoms. The molecule has 1 aromatic heterocycles. The van der Waals surface area contributed by atoms with E-state index >= 15 is 0 Å². The molecule has 1 aromatic carbocycles. The summed E-state index contributed by atoms with van der Waals surface area (Å²) >= 11 is 6.65. The molecule has 3 heterocycles. The number of aromatic nitrogens is 1. The first-order valence-corrected chi connectivity index (χ1v) is 12.0. The van der Waals surface area contributed by atoms with E-state index in [1.54, 1.807) is 6.20 Å². The van der Waals surface area contributed by atoms with E-state index in [1.165, 1.54) is 0 Å². The van der Waals surface area contributed by atoms with Crippen molar-refractivity contribution >= 4 is 34.1 Å². The number of halogens is 2. The molecule has 0 radical (unpaired) electrons. The van der Waals surface area contributed by atoms with E-state index in [9.17, 15) is 9.18 Å². The van der Waals surface area contributed by atoms with Crippen molar-refractivity contribution in [3.8, 4) is 6.07 Å². The van der Waals surface area contributed by atoms with Crippen LogP contribution in [0.4, 0.5) is 10.2 Å². The van der Waals surface area contributed by atoms with E-state index in [1.807, 2.05) is 19.1 Å². The monoisotopic (exact) mass is 470 g/mol. The maximum atomic E-state index is 14.4. The summed E-state index contributed by atoms with van der Waals surface area (Å²) in [6.45, 7) is 4.18. The number of carbonyl (C=O) groups excluding carboxylic acids is 1. The van der Waals surface area contributed by atoms with E-state index in [2.05, 4.69) is 27.3 Å². The van der Waals surface area contributed by atoms with Crippen LogP contribution in [0.5, 0.6) is 0 Å². The number of hydrogen-bond donors (Lipinski definition) is 1. The molecule has 2 saturated heterocycles. The van der Waals surface area contributed by atoms with Crippen LogP contribution in [-0.4, -0.2) is 53.8 Å². The molecule has 1 saturated carbocycles. The Balaban J connectivity index is 1.31. The number of nitriles is 1. The molecule has 0 unspecified atom stereocenters. The predicted octanol–water partition coefficient (Wildman–Crippen LogP) is 4.68. The van der Waals surface area contributed by atoms with Gasteiger partial charge in [0.25, 0.3) is 0 Å². The average Bonchev–Trinajstić information content (AvgIpc) is 3.12. The topological polar surface area (TPSA) is 78.3 Å². The van der Waals surface area contributed by atoms with Gasteiger partial charge in [-0.1, -0.05) is 11.6 Å². The minimum atomic E-state index is -0.956. The Labute approximate surface area is 198 Å². The summed E-state index contributed by atoms with van der Waals surface area (Å²) in [4.78, 5) is 19.1. The van der Waals surface area contributed by atoms with Gasteiger partial charge in [0, 0.05) is 16.6 Å². The summed E-state index contributed by atoms with van der Waals surface area (Å²) < 4.78 is 19.8. The van der Waals surface area contributed by atoms with Gasteiger partial charge in [-0.3, -0.25) is 9.69 Å². The molecule has 2 aliphatic heterocycles. The molecule has 6 nitrogen and oxygen atoms in total. The van der Waals surface area contributed by atoms with Gasteiger partial charge in [0.05, 0.1) is 36.7 Å². The fourth-order valence-electron chi connectivity index (χ4n) is 5.38. The third-order valence-corrected chi connectivity index (χ3v) is 8.18. The number of fused-ring (bicyclic) bond motifs is 1. The lowest BCUT2D eigenvalue weighted by Crippen LogP contribution is -2.55. The van der Waals surface area contributed by atoms with Crippen LogP contribution in [0.15, 0.2) is 24.4 Å². The largest absolute Gasteiger partial charge is 0.376 e. The molecule has 4 atom stereocenters. The molecule has 3 fully saturated rings. The lowest BCUT2D eigenvalue weighted by Gasteiger charge is -2.43. The van der Waals surface area contributed by atoms with Crippen LogP contribution in [0.1, 0.15) is 44.1 Å². The van der Waals surface area contributed by atoms with Gasteiger partial charge in [-0.2, -0.15) is 5.26 Å². The number of likely N-dealkylation sites (tertiary alicyclic amines) is 1. The fourth-order valence-corrected chi connectivity index (χ4v) is 5.71. The summed E-state index contributed by atoms with van der Waals surface area (Å²) in [6, 6.07) is 8.09. The lowest BCUT2D eigenvalue weighted by molar-refractivity contribution is -0.123. The maximum Gasteiger partial charge on any atom is 0.229 e. The number of anilines is 1. The molecule has 0 spiro atoms. The molecule has 2 aromatic rings. The van der Waals surface area contributed by atoms with Gasteiger partial charge in [-0.05, 0) is 80.8 Å². The molecule has 0 bridgehead atoms. The summed E-state index contributed by atoms with van der Waals surface area (Å²) in [5, 5.41) is 14.6. The van der Waals surface area contributed by atoms with Crippen molar-refractivity contribution in [1.82, 2.24) is 9.88 Å². The van der Waals surface area contributed by atoms with Gasteiger partial charge < -0.3 is 10.1 Å². The highest BCUT2D eigenvalue weighted by Gasteiger charge is 2.46.